The summed E-state index contributed by atoms with van der Waals surface area (Å²) in [6.45, 7) is 6.80. The highest BCUT2D eigenvalue weighted by Crippen LogP contribution is 2.39. The smallest absolute Gasteiger partial charge is 0.171 e. The number of hydrogen-bond donors (Lipinski definition) is 0. The van der Waals surface area contributed by atoms with E-state index in [1.54, 1.807) is 7.11 Å². The van der Waals surface area contributed by atoms with Crippen LogP contribution in [0.1, 0.15) is 55.8 Å². The lowest BCUT2D eigenvalue weighted by atomic mass is 9.76. The maximum atomic E-state index is 5.72. The largest absolute Gasteiger partial charge is 0.493 e. The summed E-state index contributed by atoms with van der Waals surface area (Å²) in [5.74, 6) is 2.66. The third-order valence-corrected chi connectivity index (χ3v) is 6.14. The molecule has 0 amide bonds. The summed E-state index contributed by atoms with van der Waals surface area (Å²) in [4.78, 5) is 7.53. The van der Waals surface area contributed by atoms with Crippen LogP contribution < -0.4 is 9.64 Å². The van der Waals surface area contributed by atoms with E-state index >= 15 is 0 Å². The number of nitrogens with zero attached hydrogens (tertiary/aromatic N) is 2. The van der Waals surface area contributed by atoms with Gasteiger partial charge in [0.25, 0.3) is 0 Å². The second kappa shape index (κ2) is 6.94. The number of benzene rings is 1. The van der Waals surface area contributed by atoms with Crippen molar-refractivity contribution in [2.24, 2.45) is 5.41 Å². The summed E-state index contributed by atoms with van der Waals surface area (Å²) in [7, 11) is 1.77. The summed E-state index contributed by atoms with van der Waals surface area (Å²) in [6, 6.07) is 13.2. The first-order chi connectivity index (χ1) is 12.6. The molecule has 1 aromatic heterocycles. The number of fused-ring (bicyclic) bond motifs is 1. The van der Waals surface area contributed by atoms with Gasteiger partial charge in [0.05, 0.1) is 7.11 Å². The van der Waals surface area contributed by atoms with E-state index in [-0.39, 0.29) is 0 Å². The Labute approximate surface area is 157 Å². The maximum absolute atomic E-state index is 5.72. The van der Waals surface area contributed by atoms with Crippen LogP contribution >= 0.6 is 0 Å². The molecule has 2 heterocycles. The number of ether oxygens (including phenoxy) is 1. The zero-order valence-electron chi connectivity index (χ0n) is 16.3. The highest BCUT2D eigenvalue weighted by molar-refractivity contribution is 5.56. The van der Waals surface area contributed by atoms with Crippen LogP contribution in [0, 0.1) is 5.41 Å². The molecule has 0 bridgehead atoms. The van der Waals surface area contributed by atoms with Crippen molar-refractivity contribution >= 4 is 5.82 Å². The Morgan fingerprint density at radius 2 is 1.85 bits per heavy atom. The molecule has 0 N–H and O–H groups in total. The van der Waals surface area contributed by atoms with Crippen molar-refractivity contribution in [1.82, 2.24) is 4.98 Å². The summed E-state index contributed by atoms with van der Waals surface area (Å²) in [5.41, 5.74) is 4.48. The average Bonchev–Trinajstić information content (AvgIpc) is 2.67. The number of pyridine rings is 1. The number of rotatable bonds is 3. The minimum atomic E-state index is 0.353. The number of hydrogen-bond acceptors (Lipinski definition) is 3. The molecule has 3 nitrogen and oxygen atoms in total. The van der Waals surface area contributed by atoms with Gasteiger partial charge in [-0.15, -0.1) is 0 Å². The van der Waals surface area contributed by atoms with E-state index in [0.717, 1.165) is 37.5 Å². The van der Waals surface area contributed by atoms with Gasteiger partial charge in [0.15, 0.2) is 11.6 Å². The van der Waals surface area contributed by atoms with Crippen molar-refractivity contribution in [2.75, 3.05) is 25.1 Å². The van der Waals surface area contributed by atoms with Crippen LogP contribution in [-0.2, 0) is 12.8 Å². The first-order valence-corrected chi connectivity index (χ1v) is 9.92. The molecule has 0 saturated carbocycles. The Morgan fingerprint density at radius 3 is 2.54 bits per heavy atom. The predicted molar refractivity (Wildman–Crippen MR) is 107 cm³/mol. The molecule has 1 aliphatic heterocycles. The second-order valence-electron chi connectivity index (χ2n) is 8.63. The summed E-state index contributed by atoms with van der Waals surface area (Å²) in [6.07, 6.45) is 5.77. The predicted octanol–water partition coefficient (Wildman–Crippen LogP) is 4.99. The standard InChI is InChI=1S/C23H30N2O/c1-23(2)12-9-19-15-21(26-3)22(24-20(19)16-23)25-13-10-18(11-14-25)17-7-5-4-6-8-17/h4-8,15,18H,9-14,16H2,1-3H3. The minimum Gasteiger partial charge on any atom is -0.493 e. The zero-order valence-corrected chi connectivity index (χ0v) is 16.3. The molecule has 2 aromatic rings. The van der Waals surface area contributed by atoms with Gasteiger partial charge in [0, 0.05) is 18.8 Å². The molecule has 0 unspecified atom stereocenters. The van der Waals surface area contributed by atoms with Crippen LogP contribution in [-0.4, -0.2) is 25.2 Å². The van der Waals surface area contributed by atoms with E-state index in [9.17, 15) is 0 Å². The fourth-order valence-corrected chi connectivity index (χ4v) is 4.47. The van der Waals surface area contributed by atoms with Crippen molar-refractivity contribution in [3.63, 3.8) is 0 Å². The molecule has 0 atom stereocenters. The Bertz CT molecular complexity index is 761. The number of aryl methyl sites for hydroxylation is 1. The lowest BCUT2D eigenvalue weighted by Gasteiger charge is -2.36. The van der Waals surface area contributed by atoms with Crippen molar-refractivity contribution in [3.8, 4) is 5.75 Å². The van der Waals surface area contributed by atoms with Crippen LogP contribution in [0.3, 0.4) is 0 Å². The molecule has 3 heteroatoms. The number of aromatic nitrogens is 1. The van der Waals surface area contributed by atoms with E-state index < -0.39 is 0 Å². The Kier molecular flexibility index (Phi) is 4.64. The van der Waals surface area contributed by atoms with Crippen LogP contribution in [0.4, 0.5) is 5.82 Å². The second-order valence-corrected chi connectivity index (χ2v) is 8.63. The molecule has 2 aliphatic rings. The van der Waals surface area contributed by atoms with Gasteiger partial charge in [-0.3, -0.25) is 0 Å². The van der Waals surface area contributed by atoms with Gasteiger partial charge < -0.3 is 9.64 Å². The van der Waals surface area contributed by atoms with Gasteiger partial charge in [-0.25, -0.2) is 4.98 Å². The summed E-state index contributed by atoms with van der Waals surface area (Å²) >= 11 is 0. The molecular formula is C23H30N2O. The molecular weight excluding hydrogens is 320 g/mol. The topological polar surface area (TPSA) is 25.4 Å². The van der Waals surface area contributed by atoms with Gasteiger partial charge in [0.2, 0.25) is 0 Å². The van der Waals surface area contributed by atoms with Crippen molar-refractivity contribution < 1.29 is 4.74 Å². The van der Waals surface area contributed by atoms with Crippen LogP contribution in [0.2, 0.25) is 0 Å². The number of piperidine rings is 1. The van der Waals surface area contributed by atoms with Crippen molar-refractivity contribution in [3.05, 3.63) is 53.2 Å². The monoisotopic (exact) mass is 350 g/mol. The lowest BCUT2D eigenvalue weighted by Crippen LogP contribution is -2.34. The zero-order chi connectivity index (χ0) is 18.1. The van der Waals surface area contributed by atoms with E-state index in [4.69, 9.17) is 9.72 Å². The SMILES string of the molecule is COc1cc2c(nc1N1CCC(c3ccccc3)CC1)CC(C)(C)CC2. The molecule has 1 aliphatic carbocycles. The van der Waals surface area contributed by atoms with E-state index in [1.165, 1.54) is 36.1 Å². The Hall–Kier alpha value is -2.03. The molecule has 1 aromatic carbocycles. The normalized spacial score (nSPS) is 19.9. The fraction of sp³-hybridized carbons (Fsp3) is 0.522. The Balaban J connectivity index is 1.55. The minimum absolute atomic E-state index is 0.353. The molecule has 26 heavy (non-hydrogen) atoms. The number of anilines is 1. The summed E-state index contributed by atoms with van der Waals surface area (Å²) in [5, 5.41) is 0. The molecule has 0 radical (unpaired) electrons. The fourth-order valence-electron chi connectivity index (χ4n) is 4.47. The quantitative estimate of drug-likeness (QED) is 0.780. The molecule has 138 valence electrons. The van der Waals surface area contributed by atoms with E-state index in [1.807, 2.05) is 0 Å². The first-order valence-electron chi connectivity index (χ1n) is 9.92. The Morgan fingerprint density at radius 1 is 1.12 bits per heavy atom. The van der Waals surface area contributed by atoms with E-state index in [0.29, 0.717) is 11.3 Å². The molecule has 0 spiro atoms. The maximum Gasteiger partial charge on any atom is 0.171 e. The van der Waals surface area contributed by atoms with Gasteiger partial charge >= 0.3 is 0 Å². The summed E-state index contributed by atoms with van der Waals surface area (Å²) < 4.78 is 5.72. The van der Waals surface area contributed by atoms with Crippen LogP contribution in [0.5, 0.6) is 5.75 Å². The average molecular weight is 351 g/mol. The number of methoxy groups -OCH3 is 1. The van der Waals surface area contributed by atoms with Crippen molar-refractivity contribution in [2.45, 2.75) is 51.9 Å². The lowest BCUT2D eigenvalue weighted by molar-refractivity contribution is 0.309. The third kappa shape index (κ3) is 3.44. The van der Waals surface area contributed by atoms with Crippen molar-refractivity contribution in [1.29, 1.82) is 0 Å². The van der Waals surface area contributed by atoms with Crippen LogP contribution in [0.25, 0.3) is 0 Å². The third-order valence-electron chi connectivity index (χ3n) is 6.14. The van der Waals surface area contributed by atoms with E-state index in [2.05, 4.69) is 55.1 Å². The van der Waals surface area contributed by atoms with Gasteiger partial charge in [-0.1, -0.05) is 44.2 Å². The molecule has 1 saturated heterocycles. The van der Waals surface area contributed by atoms with Gasteiger partial charge in [0.1, 0.15) is 0 Å². The highest BCUT2D eigenvalue weighted by atomic mass is 16.5. The molecule has 4 rings (SSSR count). The highest BCUT2D eigenvalue weighted by Gasteiger charge is 2.29. The van der Waals surface area contributed by atoms with Gasteiger partial charge in [-0.05, 0) is 60.6 Å². The van der Waals surface area contributed by atoms with Crippen LogP contribution in [0.15, 0.2) is 36.4 Å². The first kappa shape index (κ1) is 17.4. The van der Waals surface area contributed by atoms with Gasteiger partial charge in [-0.2, -0.15) is 0 Å². The molecule has 1 fully saturated rings.